The summed E-state index contributed by atoms with van der Waals surface area (Å²) in [4.78, 5) is 12.0. The van der Waals surface area contributed by atoms with Crippen LogP contribution in [0.3, 0.4) is 0 Å². The molecule has 4 heteroatoms. The molecular weight excluding hydrogens is 254 g/mol. The molecule has 1 aromatic carbocycles. The summed E-state index contributed by atoms with van der Waals surface area (Å²) in [6.07, 6.45) is 1.24. The van der Waals surface area contributed by atoms with E-state index in [1.165, 1.54) is 0 Å². The summed E-state index contributed by atoms with van der Waals surface area (Å²) in [7, 11) is 0. The maximum absolute atomic E-state index is 12.0. The van der Waals surface area contributed by atoms with Gasteiger partial charge in [-0.1, -0.05) is 25.1 Å². The zero-order valence-electron chi connectivity index (χ0n) is 12.6. The first-order chi connectivity index (χ1) is 9.63. The zero-order chi connectivity index (χ0) is 14.8. The van der Waals surface area contributed by atoms with Crippen molar-refractivity contribution in [3.63, 3.8) is 0 Å². The van der Waals surface area contributed by atoms with Gasteiger partial charge in [-0.05, 0) is 38.8 Å². The molecule has 0 spiro atoms. The number of carbonyl (C=O) groups is 1. The van der Waals surface area contributed by atoms with Gasteiger partial charge in [-0.25, -0.2) is 0 Å². The molecule has 4 nitrogen and oxygen atoms in total. The molecule has 0 radical (unpaired) electrons. The Labute approximate surface area is 121 Å². The van der Waals surface area contributed by atoms with Crippen LogP contribution in [0, 0.1) is 0 Å². The number of amides is 1. The van der Waals surface area contributed by atoms with Crippen molar-refractivity contribution in [1.29, 1.82) is 0 Å². The highest BCUT2D eigenvalue weighted by Crippen LogP contribution is 2.12. The van der Waals surface area contributed by atoms with E-state index >= 15 is 0 Å². The van der Waals surface area contributed by atoms with Crippen LogP contribution in [0.4, 0.5) is 0 Å². The molecule has 0 bridgehead atoms. The molecule has 0 aliphatic rings. The predicted molar refractivity (Wildman–Crippen MR) is 79.9 cm³/mol. The van der Waals surface area contributed by atoms with Crippen LogP contribution in [0.5, 0.6) is 5.75 Å². The average Bonchev–Trinajstić information content (AvgIpc) is 2.45. The fourth-order valence-corrected chi connectivity index (χ4v) is 1.70. The van der Waals surface area contributed by atoms with Gasteiger partial charge in [-0.15, -0.1) is 0 Å². The summed E-state index contributed by atoms with van der Waals surface area (Å²) in [5, 5.41) is 2.88. The zero-order valence-corrected chi connectivity index (χ0v) is 12.6. The van der Waals surface area contributed by atoms with Gasteiger partial charge >= 0.3 is 0 Å². The second kappa shape index (κ2) is 9.37. The molecule has 20 heavy (non-hydrogen) atoms. The van der Waals surface area contributed by atoms with Crippen LogP contribution in [0.25, 0.3) is 0 Å². The predicted octanol–water partition coefficient (Wildman–Crippen LogP) is 2.78. The highest BCUT2D eigenvalue weighted by Gasteiger charge is 2.17. The topological polar surface area (TPSA) is 47.6 Å². The minimum absolute atomic E-state index is 0.0686. The lowest BCUT2D eigenvalue weighted by atomic mass is 10.2. The molecule has 0 saturated heterocycles. The van der Waals surface area contributed by atoms with Gasteiger partial charge in [0.1, 0.15) is 5.75 Å². The van der Waals surface area contributed by atoms with E-state index in [4.69, 9.17) is 9.47 Å². The number of carbonyl (C=O) groups excluding carboxylic acids is 1. The molecule has 1 N–H and O–H groups in total. The normalized spacial score (nSPS) is 12.2. The Hall–Kier alpha value is -1.55. The number of benzene rings is 1. The minimum atomic E-state index is -0.441. The standard InChI is InChI=1S/C16H25NO3/c1-4-15(20-14-9-6-5-7-10-14)16(18)17-11-8-12-19-13(2)3/h5-7,9-10,13,15H,4,8,11-12H2,1-3H3,(H,17,18)/t15-/m0/s1. The Kier molecular flexibility index (Phi) is 7.73. The molecule has 112 valence electrons. The fourth-order valence-electron chi connectivity index (χ4n) is 1.70. The third-order valence-electron chi connectivity index (χ3n) is 2.76. The lowest BCUT2D eigenvalue weighted by molar-refractivity contribution is -0.128. The molecule has 0 heterocycles. The Morgan fingerprint density at radius 2 is 1.95 bits per heavy atom. The second-order valence-electron chi connectivity index (χ2n) is 4.89. The summed E-state index contributed by atoms with van der Waals surface area (Å²) in [6.45, 7) is 7.21. The lowest BCUT2D eigenvalue weighted by Gasteiger charge is -2.17. The van der Waals surface area contributed by atoms with E-state index in [9.17, 15) is 4.79 Å². The van der Waals surface area contributed by atoms with Crippen molar-refractivity contribution in [3.8, 4) is 5.75 Å². The van der Waals surface area contributed by atoms with Crippen LogP contribution in [0.2, 0.25) is 0 Å². The molecule has 1 atom stereocenters. The van der Waals surface area contributed by atoms with Crippen molar-refractivity contribution in [3.05, 3.63) is 30.3 Å². The van der Waals surface area contributed by atoms with E-state index in [1.54, 1.807) is 0 Å². The molecule has 1 rings (SSSR count). The summed E-state index contributed by atoms with van der Waals surface area (Å²) >= 11 is 0. The van der Waals surface area contributed by atoms with Gasteiger partial charge < -0.3 is 14.8 Å². The van der Waals surface area contributed by atoms with Gasteiger partial charge in [0.25, 0.3) is 5.91 Å². The van der Waals surface area contributed by atoms with Crippen molar-refractivity contribution < 1.29 is 14.3 Å². The monoisotopic (exact) mass is 279 g/mol. The van der Waals surface area contributed by atoms with Crippen LogP contribution in [-0.4, -0.2) is 31.3 Å². The molecule has 0 aromatic heterocycles. The van der Waals surface area contributed by atoms with Crippen molar-refractivity contribution in [2.75, 3.05) is 13.2 Å². The molecule has 1 amide bonds. The maximum atomic E-state index is 12.0. The van der Waals surface area contributed by atoms with Gasteiger partial charge in [0, 0.05) is 13.2 Å². The molecule has 1 aromatic rings. The summed E-state index contributed by atoms with van der Waals surface area (Å²) < 4.78 is 11.1. The second-order valence-corrected chi connectivity index (χ2v) is 4.89. The smallest absolute Gasteiger partial charge is 0.261 e. The first kappa shape index (κ1) is 16.5. The molecule has 0 aliphatic carbocycles. The van der Waals surface area contributed by atoms with Crippen molar-refractivity contribution in [1.82, 2.24) is 5.32 Å². The van der Waals surface area contributed by atoms with E-state index < -0.39 is 6.10 Å². The third-order valence-corrected chi connectivity index (χ3v) is 2.76. The summed E-state index contributed by atoms with van der Waals surface area (Å²) in [5.41, 5.74) is 0. The van der Waals surface area contributed by atoms with Crippen molar-refractivity contribution >= 4 is 5.91 Å². The Morgan fingerprint density at radius 3 is 2.55 bits per heavy atom. The van der Waals surface area contributed by atoms with E-state index in [0.29, 0.717) is 19.6 Å². The lowest BCUT2D eigenvalue weighted by Crippen LogP contribution is -2.38. The largest absolute Gasteiger partial charge is 0.481 e. The first-order valence-electron chi connectivity index (χ1n) is 7.24. The molecule has 0 aliphatic heterocycles. The van der Waals surface area contributed by atoms with Gasteiger partial charge in [0.2, 0.25) is 0 Å². The maximum Gasteiger partial charge on any atom is 0.261 e. The SMILES string of the molecule is CC[C@H](Oc1ccccc1)C(=O)NCCCOC(C)C. The Bertz CT molecular complexity index is 379. The highest BCUT2D eigenvalue weighted by atomic mass is 16.5. The summed E-state index contributed by atoms with van der Waals surface area (Å²) in [6, 6.07) is 9.41. The van der Waals surface area contributed by atoms with Crippen molar-refractivity contribution in [2.45, 2.75) is 45.8 Å². The van der Waals surface area contributed by atoms with Gasteiger partial charge in [-0.2, -0.15) is 0 Å². The molecule has 0 fully saturated rings. The van der Waals surface area contributed by atoms with E-state index in [-0.39, 0.29) is 12.0 Å². The van der Waals surface area contributed by atoms with Crippen molar-refractivity contribution in [2.24, 2.45) is 0 Å². The van der Waals surface area contributed by atoms with Gasteiger partial charge in [0.05, 0.1) is 6.10 Å². The quantitative estimate of drug-likeness (QED) is 0.707. The third kappa shape index (κ3) is 6.57. The van der Waals surface area contributed by atoms with Crippen LogP contribution >= 0.6 is 0 Å². The average molecular weight is 279 g/mol. The minimum Gasteiger partial charge on any atom is -0.481 e. The Balaban J connectivity index is 2.29. The van der Waals surface area contributed by atoms with Crippen LogP contribution in [0.15, 0.2) is 30.3 Å². The van der Waals surface area contributed by atoms with E-state index in [0.717, 1.165) is 12.2 Å². The van der Waals surface area contributed by atoms with Gasteiger partial charge in [-0.3, -0.25) is 4.79 Å². The number of nitrogens with one attached hydrogen (secondary N) is 1. The molecule has 0 saturated carbocycles. The van der Waals surface area contributed by atoms with E-state index in [2.05, 4.69) is 5.32 Å². The molecule has 0 unspecified atom stereocenters. The number of para-hydroxylation sites is 1. The van der Waals surface area contributed by atoms with Crippen LogP contribution in [-0.2, 0) is 9.53 Å². The first-order valence-corrected chi connectivity index (χ1v) is 7.24. The Morgan fingerprint density at radius 1 is 1.25 bits per heavy atom. The number of rotatable bonds is 9. The fraction of sp³-hybridized carbons (Fsp3) is 0.562. The highest BCUT2D eigenvalue weighted by molar-refractivity contribution is 5.81. The van der Waals surface area contributed by atoms with E-state index in [1.807, 2.05) is 51.1 Å². The molecular formula is C16H25NO3. The number of ether oxygens (including phenoxy) is 2. The number of hydrogen-bond acceptors (Lipinski definition) is 3. The van der Waals surface area contributed by atoms with Gasteiger partial charge in [0.15, 0.2) is 6.10 Å². The summed E-state index contributed by atoms with van der Waals surface area (Å²) in [5.74, 6) is 0.651. The van der Waals surface area contributed by atoms with Crippen LogP contribution < -0.4 is 10.1 Å². The van der Waals surface area contributed by atoms with Crippen LogP contribution in [0.1, 0.15) is 33.6 Å². The number of hydrogen-bond donors (Lipinski definition) is 1.